The lowest BCUT2D eigenvalue weighted by atomic mass is 9.84. The first kappa shape index (κ1) is 20.5. The molecule has 0 heterocycles. The molecular formula is C22H23FN2O4. The third-order valence-electron chi connectivity index (χ3n) is 4.99. The Morgan fingerprint density at radius 1 is 0.931 bits per heavy atom. The summed E-state index contributed by atoms with van der Waals surface area (Å²) < 4.78 is 18.5. The Bertz CT molecular complexity index is 877. The number of nitrogens with one attached hydrogen (secondary N) is 2. The monoisotopic (exact) mass is 398 g/mol. The Hall–Kier alpha value is -3.22. The maximum atomic E-state index is 13.5. The molecule has 152 valence electrons. The summed E-state index contributed by atoms with van der Waals surface area (Å²) in [5.41, 5.74) is 5.53. The molecule has 29 heavy (non-hydrogen) atoms. The highest BCUT2D eigenvalue weighted by Gasteiger charge is 2.17. The molecular weight excluding hydrogens is 375 g/mol. The van der Waals surface area contributed by atoms with Crippen molar-refractivity contribution in [2.45, 2.75) is 38.0 Å². The summed E-state index contributed by atoms with van der Waals surface area (Å²) in [6.45, 7) is -0.569. The van der Waals surface area contributed by atoms with Crippen LogP contribution in [0.25, 0.3) is 0 Å². The zero-order chi connectivity index (χ0) is 20.6. The van der Waals surface area contributed by atoms with E-state index in [1.165, 1.54) is 55.9 Å². The van der Waals surface area contributed by atoms with Gasteiger partial charge in [0.05, 0.1) is 11.1 Å². The zero-order valence-corrected chi connectivity index (χ0v) is 15.9. The second-order valence-electron chi connectivity index (χ2n) is 7.02. The predicted molar refractivity (Wildman–Crippen MR) is 105 cm³/mol. The van der Waals surface area contributed by atoms with Crippen LogP contribution < -0.4 is 10.9 Å². The maximum Gasteiger partial charge on any atom is 0.338 e. The molecule has 7 heteroatoms. The number of halogens is 1. The van der Waals surface area contributed by atoms with Gasteiger partial charge in [0.1, 0.15) is 5.82 Å². The van der Waals surface area contributed by atoms with Crippen LogP contribution in [0.2, 0.25) is 0 Å². The van der Waals surface area contributed by atoms with Gasteiger partial charge >= 0.3 is 5.97 Å². The van der Waals surface area contributed by atoms with E-state index in [0.29, 0.717) is 11.5 Å². The summed E-state index contributed by atoms with van der Waals surface area (Å²) in [5.74, 6) is -2.33. The first-order chi connectivity index (χ1) is 14.0. The van der Waals surface area contributed by atoms with E-state index in [2.05, 4.69) is 10.9 Å². The molecule has 0 aliphatic heterocycles. The number of amides is 2. The molecule has 1 aliphatic rings. The summed E-state index contributed by atoms with van der Waals surface area (Å²) >= 11 is 0. The molecule has 1 saturated carbocycles. The van der Waals surface area contributed by atoms with Gasteiger partial charge in [0.2, 0.25) is 0 Å². The molecule has 2 N–H and O–H groups in total. The highest BCUT2D eigenvalue weighted by atomic mass is 19.1. The van der Waals surface area contributed by atoms with Gasteiger partial charge in [0.15, 0.2) is 6.61 Å². The van der Waals surface area contributed by atoms with Crippen LogP contribution in [0, 0.1) is 5.82 Å². The largest absolute Gasteiger partial charge is 0.452 e. The fraction of sp³-hybridized carbons (Fsp3) is 0.318. The van der Waals surface area contributed by atoms with Crippen LogP contribution in [0.1, 0.15) is 64.3 Å². The summed E-state index contributed by atoms with van der Waals surface area (Å²) in [7, 11) is 0. The minimum Gasteiger partial charge on any atom is -0.452 e. The van der Waals surface area contributed by atoms with Gasteiger partial charge in [-0.25, -0.2) is 9.18 Å². The third kappa shape index (κ3) is 5.63. The number of benzene rings is 2. The molecule has 3 rings (SSSR count). The van der Waals surface area contributed by atoms with Crippen molar-refractivity contribution in [1.29, 1.82) is 0 Å². The summed E-state index contributed by atoms with van der Waals surface area (Å²) in [4.78, 5) is 35.7. The van der Waals surface area contributed by atoms with Crippen LogP contribution in [0.15, 0.2) is 48.5 Å². The second-order valence-corrected chi connectivity index (χ2v) is 7.02. The van der Waals surface area contributed by atoms with Crippen molar-refractivity contribution >= 4 is 17.8 Å². The van der Waals surface area contributed by atoms with Gasteiger partial charge in [-0.05, 0) is 48.6 Å². The normalized spacial score (nSPS) is 14.1. The molecule has 1 aliphatic carbocycles. The Kier molecular flexibility index (Phi) is 6.94. The molecule has 0 bridgehead atoms. The quantitative estimate of drug-likeness (QED) is 0.596. The van der Waals surface area contributed by atoms with Gasteiger partial charge in [-0.1, -0.05) is 43.5 Å². The molecule has 0 aromatic heterocycles. The van der Waals surface area contributed by atoms with Crippen LogP contribution in [0.3, 0.4) is 0 Å². The third-order valence-corrected chi connectivity index (χ3v) is 4.99. The molecule has 2 aromatic rings. The molecule has 0 spiro atoms. The Balaban J connectivity index is 1.44. The molecule has 0 radical (unpaired) electrons. The van der Waals surface area contributed by atoms with Gasteiger partial charge in [-0.15, -0.1) is 0 Å². The van der Waals surface area contributed by atoms with E-state index < -0.39 is 30.2 Å². The number of carbonyl (C=O) groups is 3. The minimum atomic E-state index is -0.805. The number of rotatable bonds is 5. The van der Waals surface area contributed by atoms with Crippen molar-refractivity contribution in [1.82, 2.24) is 10.9 Å². The van der Waals surface area contributed by atoms with E-state index in [0.717, 1.165) is 6.07 Å². The van der Waals surface area contributed by atoms with Crippen LogP contribution in [-0.2, 0) is 9.53 Å². The molecule has 6 nitrogen and oxygen atoms in total. The first-order valence-corrected chi connectivity index (χ1v) is 9.65. The van der Waals surface area contributed by atoms with Gasteiger partial charge in [-0.2, -0.15) is 0 Å². The number of hydrogen-bond donors (Lipinski definition) is 2. The lowest BCUT2D eigenvalue weighted by Gasteiger charge is -2.21. The van der Waals surface area contributed by atoms with Crippen molar-refractivity contribution in [2.75, 3.05) is 6.61 Å². The molecule has 2 aromatic carbocycles. The highest BCUT2D eigenvalue weighted by molar-refractivity contribution is 5.96. The maximum absolute atomic E-state index is 13.5. The fourth-order valence-corrected chi connectivity index (χ4v) is 3.42. The van der Waals surface area contributed by atoms with Crippen molar-refractivity contribution < 1.29 is 23.5 Å². The van der Waals surface area contributed by atoms with E-state index >= 15 is 0 Å². The number of ether oxygens (including phenoxy) is 1. The number of esters is 1. The van der Waals surface area contributed by atoms with Crippen LogP contribution >= 0.6 is 0 Å². The summed E-state index contributed by atoms with van der Waals surface area (Å²) in [5, 5.41) is 0. The smallest absolute Gasteiger partial charge is 0.338 e. The van der Waals surface area contributed by atoms with Crippen LogP contribution in [0.5, 0.6) is 0 Å². The first-order valence-electron chi connectivity index (χ1n) is 9.65. The number of carbonyl (C=O) groups excluding carboxylic acids is 3. The van der Waals surface area contributed by atoms with Gasteiger partial charge < -0.3 is 4.74 Å². The molecule has 0 atom stereocenters. The second kappa shape index (κ2) is 9.82. The van der Waals surface area contributed by atoms with Gasteiger partial charge in [0.25, 0.3) is 11.8 Å². The van der Waals surface area contributed by atoms with Crippen LogP contribution in [0.4, 0.5) is 4.39 Å². The average Bonchev–Trinajstić information content (AvgIpc) is 2.77. The van der Waals surface area contributed by atoms with E-state index in [4.69, 9.17) is 4.74 Å². The molecule has 1 fully saturated rings. The highest BCUT2D eigenvalue weighted by Crippen LogP contribution is 2.32. The SMILES string of the molecule is O=C(COC(=O)c1ccc(C2CCCCC2)cc1)NNC(=O)c1ccccc1F. The Morgan fingerprint density at radius 2 is 1.62 bits per heavy atom. The van der Waals surface area contributed by atoms with Crippen molar-refractivity contribution in [3.63, 3.8) is 0 Å². The van der Waals surface area contributed by atoms with E-state index in [1.807, 2.05) is 12.1 Å². The zero-order valence-electron chi connectivity index (χ0n) is 15.9. The Labute approximate surface area is 168 Å². The summed E-state index contributed by atoms with van der Waals surface area (Å²) in [6.07, 6.45) is 6.09. The average molecular weight is 398 g/mol. The fourth-order valence-electron chi connectivity index (χ4n) is 3.42. The lowest BCUT2D eigenvalue weighted by Crippen LogP contribution is -2.43. The minimum absolute atomic E-state index is 0.206. The standard InChI is InChI=1S/C22H23FN2O4/c23-19-9-5-4-8-18(19)21(27)25-24-20(26)14-29-22(28)17-12-10-16(11-13-17)15-6-2-1-3-7-15/h4-5,8-13,15H,1-3,6-7,14H2,(H,24,26)(H,25,27). The molecule has 2 amide bonds. The lowest BCUT2D eigenvalue weighted by molar-refractivity contribution is -0.125. The Morgan fingerprint density at radius 3 is 2.31 bits per heavy atom. The van der Waals surface area contributed by atoms with Crippen LogP contribution in [-0.4, -0.2) is 24.4 Å². The van der Waals surface area contributed by atoms with E-state index in [9.17, 15) is 18.8 Å². The molecule has 0 unspecified atom stereocenters. The topological polar surface area (TPSA) is 84.5 Å². The van der Waals surface area contributed by atoms with E-state index in [-0.39, 0.29) is 5.56 Å². The van der Waals surface area contributed by atoms with Gasteiger partial charge in [-0.3, -0.25) is 20.4 Å². The molecule has 0 saturated heterocycles. The summed E-state index contributed by atoms with van der Waals surface area (Å²) in [6, 6.07) is 12.6. The van der Waals surface area contributed by atoms with Crippen molar-refractivity contribution in [3.8, 4) is 0 Å². The van der Waals surface area contributed by atoms with Crippen molar-refractivity contribution in [2.24, 2.45) is 0 Å². The van der Waals surface area contributed by atoms with Gasteiger partial charge in [0, 0.05) is 0 Å². The van der Waals surface area contributed by atoms with Crippen molar-refractivity contribution in [3.05, 3.63) is 71.0 Å². The number of hydrogen-bond acceptors (Lipinski definition) is 4. The predicted octanol–water partition coefficient (Wildman–Crippen LogP) is 3.49. The van der Waals surface area contributed by atoms with E-state index in [1.54, 1.807) is 12.1 Å². The number of hydrazine groups is 1.